The minimum absolute atomic E-state index is 0.147. The van der Waals surface area contributed by atoms with Crippen LogP contribution in [-0.4, -0.2) is 11.2 Å². The first-order valence-corrected chi connectivity index (χ1v) is 5.52. The first-order chi connectivity index (χ1) is 6.79. The fraction of sp³-hybridized carbons (Fsp3) is 0.538. The van der Waals surface area contributed by atoms with E-state index in [0.29, 0.717) is 11.8 Å². The van der Waals surface area contributed by atoms with Gasteiger partial charge in [0, 0.05) is 5.92 Å². The summed E-state index contributed by atoms with van der Waals surface area (Å²) in [7, 11) is 0. The van der Waals surface area contributed by atoms with Crippen LogP contribution in [0, 0.1) is 5.92 Å². The average Bonchev–Trinajstić information content (AvgIpc) is 2.23. The second kappa shape index (κ2) is 4.14. The number of rotatable bonds is 1. The van der Waals surface area contributed by atoms with Crippen LogP contribution in [0.5, 0.6) is 0 Å². The predicted molar refractivity (Wildman–Crippen MR) is 58.2 cm³/mol. The zero-order chi connectivity index (χ0) is 9.97. The highest BCUT2D eigenvalue weighted by atomic mass is 16.3. The largest absolute Gasteiger partial charge is 0.392 e. The maximum Gasteiger partial charge on any atom is 0.0634 e. The fourth-order valence-electron chi connectivity index (χ4n) is 2.46. The summed E-state index contributed by atoms with van der Waals surface area (Å²) in [5.41, 5.74) is 1.30. The van der Waals surface area contributed by atoms with Gasteiger partial charge in [-0.3, -0.25) is 0 Å². The van der Waals surface area contributed by atoms with Gasteiger partial charge in [0.05, 0.1) is 6.10 Å². The molecule has 0 aromatic heterocycles. The van der Waals surface area contributed by atoms with Crippen LogP contribution in [0.15, 0.2) is 30.3 Å². The molecule has 1 aromatic carbocycles. The molecule has 1 nitrogen and oxygen atoms in total. The van der Waals surface area contributed by atoms with Crippen molar-refractivity contribution in [3.63, 3.8) is 0 Å². The van der Waals surface area contributed by atoms with E-state index in [0.717, 1.165) is 6.42 Å². The van der Waals surface area contributed by atoms with E-state index in [4.69, 9.17) is 0 Å². The van der Waals surface area contributed by atoms with E-state index in [1.807, 2.05) is 6.07 Å². The molecule has 1 heteroatoms. The molecule has 1 aliphatic rings. The molecule has 0 radical (unpaired) electrons. The molecule has 0 aliphatic heterocycles. The Morgan fingerprint density at radius 3 is 2.57 bits per heavy atom. The van der Waals surface area contributed by atoms with Gasteiger partial charge < -0.3 is 5.11 Å². The second-order valence-electron chi connectivity index (χ2n) is 4.42. The Morgan fingerprint density at radius 2 is 1.86 bits per heavy atom. The molecule has 76 valence electrons. The third-order valence-corrected chi connectivity index (χ3v) is 3.40. The number of aliphatic hydroxyl groups is 1. The summed E-state index contributed by atoms with van der Waals surface area (Å²) in [5.74, 6) is 0.814. The second-order valence-corrected chi connectivity index (χ2v) is 4.42. The van der Waals surface area contributed by atoms with E-state index in [1.165, 1.54) is 18.4 Å². The summed E-state index contributed by atoms with van der Waals surface area (Å²) in [4.78, 5) is 0. The first-order valence-electron chi connectivity index (χ1n) is 5.52. The van der Waals surface area contributed by atoms with Crippen molar-refractivity contribution in [2.45, 2.75) is 38.2 Å². The molecule has 1 N–H and O–H groups in total. The summed E-state index contributed by atoms with van der Waals surface area (Å²) in [5, 5.41) is 10.1. The molecule has 0 spiro atoms. The molecule has 2 rings (SSSR count). The number of hydrogen-bond donors (Lipinski definition) is 1. The zero-order valence-corrected chi connectivity index (χ0v) is 8.69. The highest BCUT2D eigenvalue weighted by molar-refractivity contribution is 5.21. The SMILES string of the molecule is C[C@H]1CCC[C@@H](c2ccccc2)[C@H]1O. The Labute approximate surface area is 85.8 Å². The predicted octanol–water partition coefficient (Wildman–Crippen LogP) is 2.95. The van der Waals surface area contributed by atoms with Gasteiger partial charge in [-0.1, -0.05) is 43.7 Å². The highest BCUT2D eigenvalue weighted by Crippen LogP contribution is 2.35. The summed E-state index contributed by atoms with van der Waals surface area (Å²) in [6.07, 6.45) is 3.41. The van der Waals surface area contributed by atoms with Crippen molar-refractivity contribution in [2.24, 2.45) is 5.92 Å². The van der Waals surface area contributed by atoms with Gasteiger partial charge in [0.15, 0.2) is 0 Å². The maximum atomic E-state index is 10.1. The van der Waals surface area contributed by atoms with Crippen LogP contribution in [0.1, 0.15) is 37.7 Å². The topological polar surface area (TPSA) is 20.2 Å². The van der Waals surface area contributed by atoms with Gasteiger partial charge in [-0.2, -0.15) is 0 Å². The molecule has 0 saturated heterocycles. The first kappa shape index (κ1) is 9.72. The van der Waals surface area contributed by atoms with Crippen molar-refractivity contribution >= 4 is 0 Å². The monoisotopic (exact) mass is 190 g/mol. The van der Waals surface area contributed by atoms with Crippen LogP contribution in [0.4, 0.5) is 0 Å². The Balaban J connectivity index is 2.17. The standard InChI is InChI=1S/C13H18O/c1-10-6-5-9-12(13(10)14)11-7-3-2-4-8-11/h2-4,7-8,10,12-14H,5-6,9H2,1H3/t10-,12-,13-/m0/s1. The van der Waals surface area contributed by atoms with Gasteiger partial charge in [0.1, 0.15) is 0 Å². The fourth-order valence-corrected chi connectivity index (χ4v) is 2.46. The summed E-state index contributed by atoms with van der Waals surface area (Å²) in [6.45, 7) is 2.15. The molecule has 1 aromatic rings. The van der Waals surface area contributed by atoms with E-state index in [-0.39, 0.29) is 6.10 Å². The van der Waals surface area contributed by atoms with Crippen molar-refractivity contribution in [2.75, 3.05) is 0 Å². The molecule has 0 unspecified atom stereocenters. The molecule has 1 aliphatic carbocycles. The van der Waals surface area contributed by atoms with E-state index in [9.17, 15) is 5.11 Å². The van der Waals surface area contributed by atoms with Crippen molar-refractivity contribution in [3.8, 4) is 0 Å². The van der Waals surface area contributed by atoms with Crippen molar-refractivity contribution in [1.29, 1.82) is 0 Å². The summed E-state index contributed by atoms with van der Waals surface area (Å²) in [6, 6.07) is 10.4. The molecule has 1 saturated carbocycles. The minimum atomic E-state index is -0.147. The lowest BCUT2D eigenvalue weighted by molar-refractivity contribution is 0.0577. The van der Waals surface area contributed by atoms with Crippen LogP contribution in [0.2, 0.25) is 0 Å². The van der Waals surface area contributed by atoms with Crippen LogP contribution >= 0.6 is 0 Å². The lowest BCUT2D eigenvalue weighted by Gasteiger charge is -2.33. The van der Waals surface area contributed by atoms with Gasteiger partial charge >= 0.3 is 0 Å². The van der Waals surface area contributed by atoms with E-state index in [2.05, 4.69) is 31.2 Å². The molecule has 3 atom stereocenters. The molecule has 1 fully saturated rings. The van der Waals surface area contributed by atoms with E-state index >= 15 is 0 Å². The lowest BCUT2D eigenvalue weighted by atomic mass is 9.76. The Morgan fingerprint density at radius 1 is 1.14 bits per heavy atom. The molecule has 14 heavy (non-hydrogen) atoms. The van der Waals surface area contributed by atoms with E-state index < -0.39 is 0 Å². The van der Waals surface area contributed by atoms with Gasteiger partial charge in [-0.25, -0.2) is 0 Å². The van der Waals surface area contributed by atoms with Crippen molar-refractivity contribution in [1.82, 2.24) is 0 Å². The molecule has 0 amide bonds. The van der Waals surface area contributed by atoms with Gasteiger partial charge in [0.25, 0.3) is 0 Å². The van der Waals surface area contributed by atoms with Crippen LogP contribution < -0.4 is 0 Å². The molecule has 0 bridgehead atoms. The lowest BCUT2D eigenvalue weighted by Crippen LogP contribution is -2.29. The van der Waals surface area contributed by atoms with Crippen molar-refractivity contribution < 1.29 is 5.11 Å². The van der Waals surface area contributed by atoms with E-state index in [1.54, 1.807) is 0 Å². The average molecular weight is 190 g/mol. The van der Waals surface area contributed by atoms with Gasteiger partial charge in [0.2, 0.25) is 0 Å². The number of aliphatic hydroxyl groups excluding tert-OH is 1. The molecular formula is C13H18O. The molecule has 0 heterocycles. The smallest absolute Gasteiger partial charge is 0.0634 e. The number of hydrogen-bond acceptors (Lipinski definition) is 1. The summed E-state index contributed by atoms with van der Waals surface area (Å²) >= 11 is 0. The van der Waals surface area contributed by atoms with Crippen LogP contribution in [0.25, 0.3) is 0 Å². The Kier molecular flexibility index (Phi) is 2.87. The van der Waals surface area contributed by atoms with Gasteiger partial charge in [-0.15, -0.1) is 0 Å². The zero-order valence-electron chi connectivity index (χ0n) is 8.69. The third kappa shape index (κ3) is 1.83. The van der Waals surface area contributed by atoms with Crippen molar-refractivity contribution in [3.05, 3.63) is 35.9 Å². The maximum absolute atomic E-state index is 10.1. The third-order valence-electron chi connectivity index (χ3n) is 3.40. The number of benzene rings is 1. The minimum Gasteiger partial charge on any atom is -0.392 e. The highest BCUT2D eigenvalue weighted by Gasteiger charge is 2.29. The normalized spacial score (nSPS) is 32.9. The Hall–Kier alpha value is -0.820. The summed E-state index contributed by atoms with van der Waals surface area (Å²) < 4.78 is 0. The Bertz CT molecular complexity index is 281. The quantitative estimate of drug-likeness (QED) is 0.722. The van der Waals surface area contributed by atoms with Gasteiger partial charge in [-0.05, 0) is 24.3 Å². The molecular weight excluding hydrogens is 172 g/mol. The van der Waals surface area contributed by atoms with Crippen LogP contribution in [-0.2, 0) is 0 Å². The van der Waals surface area contributed by atoms with Crippen LogP contribution in [0.3, 0.4) is 0 Å².